The molecule has 0 saturated carbocycles. The van der Waals surface area contributed by atoms with E-state index < -0.39 is 0 Å². The van der Waals surface area contributed by atoms with Gasteiger partial charge in [-0.05, 0) is 29.4 Å². The summed E-state index contributed by atoms with van der Waals surface area (Å²) in [5.74, 6) is 1.70. The van der Waals surface area contributed by atoms with Crippen molar-refractivity contribution in [2.24, 2.45) is 5.41 Å². The summed E-state index contributed by atoms with van der Waals surface area (Å²) < 4.78 is 5.52. The molecule has 1 rings (SSSR count). The Labute approximate surface area is 87.5 Å². The van der Waals surface area contributed by atoms with Crippen LogP contribution in [-0.4, -0.2) is 0 Å². The second-order valence-corrected chi connectivity index (χ2v) is 5.56. The van der Waals surface area contributed by atoms with Crippen LogP contribution in [0.15, 0.2) is 16.7 Å². The topological polar surface area (TPSA) is 13.1 Å². The smallest absolute Gasteiger partial charge is 0.104 e. The zero-order valence-corrected chi connectivity index (χ0v) is 10.1. The van der Waals surface area contributed by atoms with E-state index in [1.54, 1.807) is 0 Å². The van der Waals surface area contributed by atoms with E-state index >= 15 is 0 Å². The number of hydrogen-bond acceptors (Lipinski definition) is 1. The van der Waals surface area contributed by atoms with E-state index in [0.29, 0.717) is 11.3 Å². The summed E-state index contributed by atoms with van der Waals surface area (Å²) in [6.45, 7) is 11.2. The molecule has 0 aromatic carbocycles. The van der Waals surface area contributed by atoms with E-state index in [0.717, 1.165) is 12.2 Å². The van der Waals surface area contributed by atoms with Crippen LogP contribution in [0.5, 0.6) is 0 Å². The lowest BCUT2D eigenvalue weighted by Crippen LogP contribution is -2.05. The Morgan fingerprint density at radius 3 is 2.36 bits per heavy atom. The second kappa shape index (κ2) is 4.20. The Kier molecular flexibility index (Phi) is 3.41. The van der Waals surface area contributed by atoms with Crippen LogP contribution in [0.2, 0.25) is 0 Å². The summed E-state index contributed by atoms with van der Waals surface area (Å²) in [5.41, 5.74) is 1.71. The third-order valence-corrected chi connectivity index (χ3v) is 2.46. The fourth-order valence-electron chi connectivity index (χ4n) is 1.33. The maximum atomic E-state index is 5.52. The van der Waals surface area contributed by atoms with E-state index in [2.05, 4.69) is 40.7 Å². The average molecular weight is 194 g/mol. The minimum atomic E-state index is 0.394. The van der Waals surface area contributed by atoms with Gasteiger partial charge in [0.25, 0.3) is 0 Å². The first-order valence-corrected chi connectivity index (χ1v) is 5.46. The largest absolute Gasteiger partial charge is 0.469 e. The molecule has 0 aliphatic heterocycles. The van der Waals surface area contributed by atoms with Crippen molar-refractivity contribution >= 4 is 0 Å². The highest BCUT2D eigenvalue weighted by atomic mass is 16.3. The molecule has 0 radical (unpaired) electrons. The van der Waals surface area contributed by atoms with Crippen LogP contribution >= 0.6 is 0 Å². The SMILES string of the molecule is CC(C)c1coc(CCC(C)(C)C)c1. The number of rotatable bonds is 3. The quantitative estimate of drug-likeness (QED) is 0.696. The van der Waals surface area contributed by atoms with Crippen LogP contribution in [0.25, 0.3) is 0 Å². The van der Waals surface area contributed by atoms with Gasteiger partial charge in [-0.3, -0.25) is 0 Å². The normalized spacial score (nSPS) is 12.4. The van der Waals surface area contributed by atoms with Gasteiger partial charge in [0.05, 0.1) is 6.26 Å². The highest BCUT2D eigenvalue weighted by Crippen LogP contribution is 2.24. The summed E-state index contributed by atoms with van der Waals surface area (Å²) in [7, 11) is 0. The highest BCUT2D eigenvalue weighted by Gasteiger charge is 2.12. The summed E-state index contributed by atoms with van der Waals surface area (Å²) in [4.78, 5) is 0. The number of aryl methyl sites for hydroxylation is 1. The van der Waals surface area contributed by atoms with Gasteiger partial charge in [0.1, 0.15) is 5.76 Å². The molecule has 0 spiro atoms. The van der Waals surface area contributed by atoms with Crippen molar-refractivity contribution in [3.63, 3.8) is 0 Å². The van der Waals surface area contributed by atoms with Crippen LogP contribution in [-0.2, 0) is 6.42 Å². The van der Waals surface area contributed by atoms with Crippen molar-refractivity contribution in [1.82, 2.24) is 0 Å². The molecule has 0 amide bonds. The standard InChI is InChI=1S/C13H22O/c1-10(2)11-8-12(14-9-11)6-7-13(3,4)5/h8-10H,6-7H2,1-5H3. The van der Waals surface area contributed by atoms with Gasteiger partial charge < -0.3 is 4.42 Å². The van der Waals surface area contributed by atoms with Gasteiger partial charge >= 0.3 is 0 Å². The molecule has 1 aromatic rings. The molecule has 0 N–H and O–H groups in total. The first-order chi connectivity index (χ1) is 6.38. The minimum absolute atomic E-state index is 0.394. The number of hydrogen-bond donors (Lipinski definition) is 0. The molecule has 0 bridgehead atoms. The molecule has 1 nitrogen and oxygen atoms in total. The van der Waals surface area contributed by atoms with Crippen LogP contribution < -0.4 is 0 Å². The van der Waals surface area contributed by atoms with Gasteiger partial charge in [-0.15, -0.1) is 0 Å². The van der Waals surface area contributed by atoms with Gasteiger partial charge in [-0.25, -0.2) is 0 Å². The molecule has 0 atom stereocenters. The maximum Gasteiger partial charge on any atom is 0.104 e. The summed E-state index contributed by atoms with van der Waals surface area (Å²) in [5, 5.41) is 0. The maximum absolute atomic E-state index is 5.52. The third kappa shape index (κ3) is 3.57. The molecular formula is C13H22O. The Morgan fingerprint density at radius 2 is 1.93 bits per heavy atom. The first kappa shape index (κ1) is 11.4. The molecule has 0 fully saturated rings. The van der Waals surface area contributed by atoms with Crippen LogP contribution in [0, 0.1) is 5.41 Å². The molecule has 0 unspecified atom stereocenters. The summed E-state index contributed by atoms with van der Waals surface area (Å²) >= 11 is 0. The van der Waals surface area contributed by atoms with Crippen molar-refractivity contribution in [2.75, 3.05) is 0 Å². The molecule has 1 heterocycles. The van der Waals surface area contributed by atoms with Gasteiger partial charge in [-0.1, -0.05) is 34.6 Å². The van der Waals surface area contributed by atoms with Crippen molar-refractivity contribution in [1.29, 1.82) is 0 Å². The van der Waals surface area contributed by atoms with E-state index in [1.165, 1.54) is 12.0 Å². The summed E-state index contributed by atoms with van der Waals surface area (Å²) in [6, 6.07) is 2.19. The lowest BCUT2D eigenvalue weighted by Gasteiger charge is -2.16. The van der Waals surface area contributed by atoms with Crippen molar-refractivity contribution in [3.05, 3.63) is 23.7 Å². The molecule has 1 aromatic heterocycles. The van der Waals surface area contributed by atoms with Crippen LogP contribution in [0.4, 0.5) is 0 Å². The van der Waals surface area contributed by atoms with Gasteiger partial charge in [0.15, 0.2) is 0 Å². The van der Waals surface area contributed by atoms with E-state index in [4.69, 9.17) is 4.42 Å². The van der Waals surface area contributed by atoms with Crippen molar-refractivity contribution in [3.8, 4) is 0 Å². The Bertz CT molecular complexity index is 276. The fourth-order valence-corrected chi connectivity index (χ4v) is 1.33. The monoisotopic (exact) mass is 194 g/mol. The Hall–Kier alpha value is -0.720. The molecule has 0 aliphatic carbocycles. The fraction of sp³-hybridized carbons (Fsp3) is 0.692. The van der Waals surface area contributed by atoms with Crippen molar-refractivity contribution in [2.45, 2.75) is 53.4 Å². The highest BCUT2D eigenvalue weighted by molar-refractivity contribution is 5.16. The predicted molar refractivity (Wildman–Crippen MR) is 60.6 cm³/mol. The Balaban J connectivity index is 2.52. The zero-order chi connectivity index (χ0) is 10.8. The van der Waals surface area contributed by atoms with Crippen LogP contribution in [0.3, 0.4) is 0 Å². The summed E-state index contributed by atoms with van der Waals surface area (Å²) in [6.07, 6.45) is 4.12. The second-order valence-electron chi connectivity index (χ2n) is 5.56. The lowest BCUT2D eigenvalue weighted by molar-refractivity contribution is 0.359. The molecule has 80 valence electrons. The van der Waals surface area contributed by atoms with E-state index in [1.807, 2.05) is 6.26 Å². The van der Waals surface area contributed by atoms with Crippen molar-refractivity contribution < 1.29 is 4.42 Å². The van der Waals surface area contributed by atoms with E-state index in [-0.39, 0.29) is 0 Å². The third-order valence-electron chi connectivity index (χ3n) is 2.46. The first-order valence-electron chi connectivity index (χ1n) is 5.46. The van der Waals surface area contributed by atoms with E-state index in [9.17, 15) is 0 Å². The van der Waals surface area contributed by atoms with Crippen LogP contribution in [0.1, 0.15) is 58.3 Å². The number of furan rings is 1. The Morgan fingerprint density at radius 1 is 1.29 bits per heavy atom. The van der Waals surface area contributed by atoms with Gasteiger partial charge in [0.2, 0.25) is 0 Å². The molecule has 0 aliphatic rings. The predicted octanol–water partition coefficient (Wildman–Crippen LogP) is 4.38. The van der Waals surface area contributed by atoms with Gasteiger partial charge in [-0.2, -0.15) is 0 Å². The molecular weight excluding hydrogens is 172 g/mol. The lowest BCUT2D eigenvalue weighted by atomic mass is 9.90. The molecule has 14 heavy (non-hydrogen) atoms. The zero-order valence-electron chi connectivity index (χ0n) is 10.1. The molecule has 0 saturated heterocycles. The minimum Gasteiger partial charge on any atom is -0.469 e. The average Bonchev–Trinajstić information content (AvgIpc) is 2.47. The van der Waals surface area contributed by atoms with Gasteiger partial charge in [0, 0.05) is 6.42 Å². The molecule has 1 heteroatoms.